The molecule has 33 heavy (non-hydrogen) atoms. The summed E-state index contributed by atoms with van der Waals surface area (Å²) < 4.78 is 26.1. The van der Waals surface area contributed by atoms with Gasteiger partial charge in [-0.15, -0.1) is 0 Å². The molecule has 1 aliphatic carbocycles. The summed E-state index contributed by atoms with van der Waals surface area (Å²) in [5.41, 5.74) is 8.16. The van der Waals surface area contributed by atoms with Crippen molar-refractivity contribution in [3.8, 4) is 5.75 Å². The number of carbonyl (C=O) groups excluding carboxylic acids is 1. The van der Waals surface area contributed by atoms with Gasteiger partial charge in [0.05, 0.1) is 25.6 Å². The number of methoxy groups -OCH3 is 2. The summed E-state index contributed by atoms with van der Waals surface area (Å²) in [6.45, 7) is 1.24. The minimum atomic E-state index is -0.841. The lowest BCUT2D eigenvalue weighted by molar-refractivity contribution is -0.151. The van der Waals surface area contributed by atoms with Crippen LogP contribution in [0.1, 0.15) is 12.8 Å². The predicted octanol–water partition coefficient (Wildman–Crippen LogP) is 4.65. The number of allylic oxidation sites excluding steroid dienone is 2. The second-order valence-electron chi connectivity index (χ2n) is 7.97. The zero-order valence-corrected chi connectivity index (χ0v) is 19.4. The van der Waals surface area contributed by atoms with Crippen LogP contribution >= 0.6 is 11.9 Å². The summed E-state index contributed by atoms with van der Waals surface area (Å²) in [6, 6.07) is 13.8. The number of nitrogens with two attached hydrogens (primary N) is 1. The SMILES string of the molecule is COC(=O)C12CC(=CN)C(=Nc3ccc(F)cc3)C=C1CCN(Sc1cccc(OC)c1)C2. The van der Waals surface area contributed by atoms with Crippen LogP contribution in [0.5, 0.6) is 5.75 Å². The first-order chi connectivity index (χ1) is 16.0. The maximum Gasteiger partial charge on any atom is 0.317 e. The van der Waals surface area contributed by atoms with Crippen molar-refractivity contribution in [2.75, 3.05) is 27.3 Å². The molecule has 6 nitrogen and oxygen atoms in total. The van der Waals surface area contributed by atoms with Gasteiger partial charge < -0.3 is 15.2 Å². The van der Waals surface area contributed by atoms with E-state index in [1.165, 1.54) is 25.4 Å². The number of carbonyl (C=O) groups is 1. The first-order valence-electron chi connectivity index (χ1n) is 10.6. The molecular weight excluding hydrogens is 441 g/mol. The Balaban J connectivity index is 1.66. The molecule has 1 saturated heterocycles. The standard InChI is InChI=1S/C25H26FN3O3S/c1-31-21-4-3-5-22(13-21)33-29-11-10-18-12-23(28-20-8-6-19(26)7-9-20)17(15-27)14-25(18,16-29)24(30)32-2/h3-9,12-13,15H,10-11,14,16,27H2,1-2H3. The number of hydrogen-bond acceptors (Lipinski definition) is 7. The van der Waals surface area contributed by atoms with Crippen LogP contribution in [-0.4, -0.2) is 43.3 Å². The van der Waals surface area contributed by atoms with E-state index in [0.717, 1.165) is 28.3 Å². The normalized spacial score (nSPS) is 23.2. The maximum atomic E-state index is 13.3. The van der Waals surface area contributed by atoms with Crippen molar-refractivity contribution < 1.29 is 18.7 Å². The Bertz CT molecular complexity index is 1130. The molecule has 1 atom stereocenters. The van der Waals surface area contributed by atoms with Crippen LogP contribution in [0, 0.1) is 11.2 Å². The number of nitrogens with zero attached hydrogens (tertiary/aromatic N) is 2. The van der Waals surface area contributed by atoms with Crippen LogP contribution in [0.3, 0.4) is 0 Å². The maximum absolute atomic E-state index is 13.3. The van der Waals surface area contributed by atoms with E-state index in [2.05, 4.69) is 9.30 Å². The Labute approximate surface area is 197 Å². The predicted molar refractivity (Wildman–Crippen MR) is 128 cm³/mol. The van der Waals surface area contributed by atoms with Crippen LogP contribution in [-0.2, 0) is 9.53 Å². The topological polar surface area (TPSA) is 77.2 Å². The molecule has 0 saturated carbocycles. The lowest BCUT2D eigenvalue weighted by Gasteiger charge is -2.44. The molecule has 0 spiro atoms. The van der Waals surface area contributed by atoms with Crippen molar-refractivity contribution in [3.05, 3.63) is 77.8 Å². The number of halogens is 1. The average Bonchev–Trinajstić information content (AvgIpc) is 2.84. The molecule has 0 radical (unpaired) electrons. The third-order valence-electron chi connectivity index (χ3n) is 5.95. The third kappa shape index (κ3) is 4.82. The molecule has 2 aromatic carbocycles. The molecule has 1 fully saturated rings. The fourth-order valence-electron chi connectivity index (χ4n) is 4.27. The van der Waals surface area contributed by atoms with Gasteiger partial charge in [-0.3, -0.25) is 4.79 Å². The van der Waals surface area contributed by atoms with Crippen molar-refractivity contribution in [1.82, 2.24) is 4.31 Å². The van der Waals surface area contributed by atoms with E-state index in [9.17, 15) is 9.18 Å². The fraction of sp³-hybridized carbons (Fsp3) is 0.280. The van der Waals surface area contributed by atoms with E-state index in [-0.39, 0.29) is 11.8 Å². The molecule has 8 heteroatoms. The number of fused-ring (bicyclic) bond motifs is 1. The van der Waals surface area contributed by atoms with Gasteiger partial charge in [0.2, 0.25) is 0 Å². The van der Waals surface area contributed by atoms with Crippen molar-refractivity contribution in [1.29, 1.82) is 0 Å². The van der Waals surface area contributed by atoms with Gasteiger partial charge in [-0.1, -0.05) is 6.07 Å². The quantitative estimate of drug-likeness (QED) is 0.509. The highest BCUT2D eigenvalue weighted by atomic mass is 32.2. The number of rotatable bonds is 5. The molecule has 0 amide bonds. The third-order valence-corrected chi connectivity index (χ3v) is 6.99. The Morgan fingerprint density at radius 2 is 2.03 bits per heavy atom. The molecule has 1 heterocycles. The van der Waals surface area contributed by atoms with Crippen LogP contribution < -0.4 is 10.5 Å². The Morgan fingerprint density at radius 3 is 2.73 bits per heavy atom. The molecule has 172 valence electrons. The summed E-state index contributed by atoms with van der Waals surface area (Å²) >= 11 is 1.59. The Hall–Kier alpha value is -3.10. The monoisotopic (exact) mass is 467 g/mol. The summed E-state index contributed by atoms with van der Waals surface area (Å²) in [5, 5.41) is 0. The van der Waals surface area contributed by atoms with Gasteiger partial charge in [0.15, 0.2) is 0 Å². The number of benzene rings is 2. The minimum absolute atomic E-state index is 0.287. The molecule has 1 aliphatic heterocycles. The highest BCUT2D eigenvalue weighted by Gasteiger charge is 2.50. The second kappa shape index (κ2) is 9.80. The Kier molecular flexibility index (Phi) is 6.85. The summed E-state index contributed by atoms with van der Waals surface area (Å²) in [7, 11) is 3.05. The van der Waals surface area contributed by atoms with E-state index in [0.29, 0.717) is 30.8 Å². The number of ether oxygens (including phenoxy) is 2. The lowest BCUT2D eigenvalue weighted by atomic mass is 9.67. The molecule has 0 aromatic heterocycles. The summed E-state index contributed by atoms with van der Waals surface area (Å²) in [4.78, 5) is 18.8. The minimum Gasteiger partial charge on any atom is -0.497 e. The first-order valence-corrected chi connectivity index (χ1v) is 11.4. The molecular formula is C25H26FN3O3S. The number of hydrogen-bond donors (Lipinski definition) is 1. The van der Waals surface area contributed by atoms with Crippen molar-refractivity contribution in [3.63, 3.8) is 0 Å². The first kappa shape index (κ1) is 23.1. The van der Waals surface area contributed by atoms with E-state index < -0.39 is 5.41 Å². The van der Waals surface area contributed by atoms with Gasteiger partial charge in [-0.2, -0.15) is 0 Å². The van der Waals surface area contributed by atoms with Gasteiger partial charge >= 0.3 is 5.97 Å². The molecule has 4 rings (SSSR count). The second-order valence-corrected chi connectivity index (χ2v) is 9.14. The molecule has 2 aromatic rings. The highest BCUT2D eigenvalue weighted by Crippen LogP contribution is 2.47. The smallest absolute Gasteiger partial charge is 0.317 e. The van der Waals surface area contributed by atoms with Crippen LogP contribution in [0.4, 0.5) is 10.1 Å². The van der Waals surface area contributed by atoms with Gasteiger partial charge in [0.25, 0.3) is 0 Å². The number of aliphatic imine (C=N–C) groups is 1. The van der Waals surface area contributed by atoms with Gasteiger partial charge in [-0.05, 0) is 90.7 Å². The molecule has 2 N–H and O–H groups in total. The van der Waals surface area contributed by atoms with Gasteiger partial charge in [0.1, 0.15) is 17.0 Å². The van der Waals surface area contributed by atoms with E-state index in [1.807, 2.05) is 30.3 Å². The summed E-state index contributed by atoms with van der Waals surface area (Å²) in [6.07, 6.45) is 4.51. The van der Waals surface area contributed by atoms with E-state index in [1.54, 1.807) is 31.2 Å². The fourth-order valence-corrected chi connectivity index (χ4v) is 5.34. The summed E-state index contributed by atoms with van der Waals surface area (Å²) in [5.74, 6) is 0.180. The Morgan fingerprint density at radius 1 is 1.24 bits per heavy atom. The van der Waals surface area contributed by atoms with E-state index >= 15 is 0 Å². The van der Waals surface area contributed by atoms with Gasteiger partial charge in [-0.25, -0.2) is 13.7 Å². The van der Waals surface area contributed by atoms with Crippen LogP contribution in [0.2, 0.25) is 0 Å². The largest absolute Gasteiger partial charge is 0.497 e. The average molecular weight is 468 g/mol. The molecule has 0 bridgehead atoms. The highest BCUT2D eigenvalue weighted by molar-refractivity contribution is 7.97. The van der Waals surface area contributed by atoms with Gasteiger partial charge in [0, 0.05) is 18.0 Å². The van der Waals surface area contributed by atoms with Crippen molar-refractivity contribution >= 4 is 29.3 Å². The van der Waals surface area contributed by atoms with Crippen LogP contribution in [0.15, 0.2) is 81.8 Å². The zero-order valence-electron chi connectivity index (χ0n) is 18.6. The lowest BCUT2D eigenvalue weighted by Crippen LogP contribution is -2.50. The van der Waals surface area contributed by atoms with Crippen molar-refractivity contribution in [2.24, 2.45) is 16.1 Å². The van der Waals surface area contributed by atoms with E-state index in [4.69, 9.17) is 15.2 Å². The van der Waals surface area contributed by atoms with Crippen LogP contribution in [0.25, 0.3) is 0 Å². The number of piperidine rings is 1. The number of esters is 1. The molecule has 1 unspecified atom stereocenters. The molecule has 2 aliphatic rings. The van der Waals surface area contributed by atoms with Crippen molar-refractivity contribution in [2.45, 2.75) is 17.7 Å². The zero-order chi connectivity index (χ0) is 23.4.